The Morgan fingerprint density at radius 2 is 2.00 bits per heavy atom. The van der Waals surface area contributed by atoms with Crippen molar-refractivity contribution in [1.29, 1.82) is 0 Å². The zero-order valence-corrected chi connectivity index (χ0v) is 14.7. The molecule has 1 saturated heterocycles. The number of fused-ring (bicyclic) bond motifs is 1. The third-order valence-corrected chi connectivity index (χ3v) is 4.06. The van der Waals surface area contributed by atoms with E-state index in [1.165, 1.54) is 6.20 Å². The fraction of sp³-hybridized carbons (Fsp3) is 0.375. The summed E-state index contributed by atoms with van der Waals surface area (Å²) < 4.78 is 25.9. The number of nitrogens with zero attached hydrogens (tertiary/aromatic N) is 3. The highest BCUT2D eigenvalue weighted by atomic mass is 32.2. The van der Waals surface area contributed by atoms with E-state index in [0.29, 0.717) is 5.52 Å². The molecular formula is C16H22N4O3S. The van der Waals surface area contributed by atoms with Crippen molar-refractivity contribution in [1.82, 2.24) is 14.3 Å². The van der Waals surface area contributed by atoms with E-state index in [1.54, 1.807) is 16.8 Å². The predicted octanol–water partition coefficient (Wildman–Crippen LogP) is 1.82. The number of carbonyl (C=O) groups excluding carboxylic acids is 1. The van der Waals surface area contributed by atoms with Gasteiger partial charge in [0.25, 0.3) is 5.91 Å². The van der Waals surface area contributed by atoms with E-state index in [9.17, 15) is 13.2 Å². The quantitative estimate of drug-likeness (QED) is 0.854. The van der Waals surface area contributed by atoms with Gasteiger partial charge in [0.1, 0.15) is 0 Å². The van der Waals surface area contributed by atoms with Gasteiger partial charge in [0, 0.05) is 25.0 Å². The molecule has 1 aliphatic heterocycles. The second-order valence-corrected chi connectivity index (χ2v) is 7.33. The summed E-state index contributed by atoms with van der Waals surface area (Å²) in [7, 11) is -3.59. The van der Waals surface area contributed by atoms with Gasteiger partial charge in [-0.05, 0) is 31.9 Å². The Bertz CT molecular complexity index is 836. The average Bonchev–Trinajstić information content (AvgIpc) is 3.15. The molecule has 24 heavy (non-hydrogen) atoms. The van der Waals surface area contributed by atoms with Crippen molar-refractivity contribution in [3.05, 3.63) is 42.7 Å². The normalized spacial score (nSPS) is 14.2. The zero-order valence-electron chi connectivity index (χ0n) is 13.9. The zero-order chi connectivity index (χ0) is 17.7. The smallest absolute Gasteiger partial charge is 0.268 e. The molecule has 2 aromatic heterocycles. The largest absolute Gasteiger partial charge is 0.371 e. The van der Waals surface area contributed by atoms with Gasteiger partial charge >= 0.3 is 0 Å². The molecule has 0 radical (unpaired) electrons. The molecule has 1 N–H and O–H groups in total. The van der Waals surface area contributed by atoms with Crippen molar-refractivity contribution < 1.29 is 13.2 Å². The lowest BCUT2D eigenvalue weighted by Gasteiger charge is -2.17. The fourth-order valence-corrected chi connectivity index (χ4v) is 2.99. The first-order chi connectivity index (χ1) is 11.4. The lowest BCUT2D eigenvalue weighted by molar-refractivity contribution is 0.0983. The Morgan fingerprint density at radius 1 is 1.38 bits per heavy atom. The van der Waals surface area contributed by atoms with Crippen molar-refractivity contribution in [3.8, 4) is 0 Å². The SMILES string of the molecule is C=CC.CS(=O)(=O)NC(=O)c1cnn2ccc(N3CCCC3)cc12. The van der Waals surface area contributed by atoms with E-state index in [-0.39, 0.29) is 5.56 Å². The first-order valence-electron chi connectivity index (χ1n) is 7.67. The van der Waals surface area contributed by atoms with Gasteiger partial charge < -0.3 is 4.90 Å². The third kappa shape index (κ3) is 4.35. The lowest BCUT2D eigenvalue weighted by Crippen LogP contribution is -2.29. The minimum atomic E-state index is -3.59. The second-order valence-electron chi connectivity index (χ2n) is 5.58. The highest BCUT2D eigenvalue weighted by Crippen LogP contribution is 2.23. The van der Waals surface area contributed by atoms with Crippen LogP contribution in [-0.2, 0) is 10.0 Å². The van der Waals surface area contributed by atoms with Crippen LogP contribution in [0.15, 0.2) is 37.2 Å². The third-order valence-electron chi connectivity index (χ3n) is 3.50. The number of nitrogens with one attached hydrogen (secondary N) is 1. The first-order valence-corrected chi connectivity index (χ1v) is 9.56. The van der Waals surface area contributed by atoms with Gasteiger partial charge in [-0.15, -0.1) is 6.58 Å². The number of rotatable bonds is 3. The van der Waals surface area contributed by atoms with Gasteiger partial charge in [-0.25, -0.2) is 17.7 Å². The maximum Gasteiger partial charge on any atom is 0.268 e. The minimum Gasteiger partial charge on any atom is -0.371 e. The highest BCUT2D eigenvalue weighted by molar-refractivity contribution is 7.89. The van der Waals surface area contributed by atoms with Crippen LogP contribution in [0.2, 0.25) is 0 Å². The van der Waals surface area contributed by atoms with Crippen LogP contribution in [0.4, 0.5) is 5.69 Å². The summed E-state index contributed by atoms with van der Waals surface area (Å²) in [5.41, 5.74) is 1.87. The molecule has 0 saturated carbocycles. The number of allylic oxidation sites excluding steroid dienone is 1. The Morgan fingerprint density at radius 3 is 2.58 bits per heavy atom. The van der Waals surface area contributed by atoms with Gasteiger partial charge in [-0.1, -0.05) is 6.08 Å². The summed E-state index contributed by atoms with van der Waals surface area (Å²) in [6, 6.07) is 3.82. The number of amides is 1. The van der Waals surface area contributed by atoms with E-state index in [4.69, 9.17) is 0 Å². The van der Waals surface area contributed by atoms with E-state index in [1.807, 2.05) is 23.8 Å². The summed E-state index contributed by atoms with van der Waals surface area (Å²) in [5.74, 6) is -0.661. The molecule has 3 heterocycles. The molecule has 8 heteroatoms. The number of hydrogen-bond acceptors (Lipinski definition) is 5. The monoisotopic (exact) mass is 350 g/mol. The van der Waals surface area contributed by atoms with Crippen molar-refractivity contribution in [3.63, 3.8) is 0 Å². The van der Waals surface area contributed by atoms with Crippen LogP contribution in [0.1, 0.15) is 30.1 Å². The van der Waals surface area contributed by atoms with Gasteiger partial charge in [0.15, 0.2) is 0 Å². The Kier molecular flexibility index (Phi) is 5.61. The molecule has 3 rings (SSSR count). The summed E-state index contributed by atoms with van der Waals surface area (Å²) in [6.07, 6.45) is 8.17. The van der Waals surface area contributed by atoms with Gasteiger partial charge in [-0.3, -0.25) is 4.79 Å². The van der Waals surface area contributed by atoms with Crippen LogP contribution in [0.3, 0.4) is 0 Å². The molecule has 0 aliphatic carbocycles. The summed E-state index contributed by atoms with van der Waals surface area (Å²) >= 11 is 0. The van der Waals surface area contributed by atoms with Crippen molar-refractivity contribution >= 4 is 27.1 Å². The van der Waals surface area contributed by atoms with Gasteiger partial charge in [-0.2, -0.15) is 5.10 Å². The minimum absolute atomic E-state index is 0.251. The number of carbonyl (C=O) groups is 1. The van der Waals surface area contributed by atoms with E-state index in [0.717, 1.165) is 37.9 Å². The Hall–Kier alpha value is -2.35. The summed E-state index contributed by atoms with van der Waals surface area (Å²) in [6.45, 7) is 7.24. The van der Waals surface area contributed by atoms with E-state index in [2.05, 4.69) is 16.6 Å². The maximum atomic E-state index is 12.0. The number of hydrogen-bond donors (Lipinski definition) is 1. The van der Waals surface area contributed by atoms with E-state index >= 15 is 0 Å². The molecule has 7 nitrogen and oxygen atoms in total. The summed E-state index contributed by atoms with van der Waals surface area (Å²) in [4.78, 5) is 14.3. The van der Waals surface area contributed by atoms with Gasteiger partial charge in [0.05, 0.1) is 23.5 Å². The molecule has 0 unspecified atom stereocenters. The number of sulfonamides is 1. The van der Waals surface area contributed by atoms with Gasteiger partial charge in [0.2, 0.25) is 10.0 Å². The number of pyridine rings is 1. The molecule has 0 bridgehead atoms. The van der Waals surface area contributed by atoms with Crippen LogP contribution in [0.5, 0.6) is 0 Å². The predicted molar refractivity (Wildman–Crippen MR) is 94.8 cm³/mol. The van der Waals surface area contributed by atoms with Crippen molar-refractivity contribution in [2.45, 2.75) is 19.8 Å². The van der Waals surface area contributed by atoms with Crippen molar-refractivity contribution in [2.24, 2.45) is 0 Å². The molecule has 1 fully saturated rings. The Labute approximate surface area is 142 Å². The molecule has 130 valence electrons. The van der Waals surface area contributed by atoms with Crippen LogP contribution < -0.4 is 9.62 Å². The molecule has 0 atom stereocenters. The first kappa shape index (κ1) is 18.0. The maximum absolute atomic E-state index is 12.0. The molecule has 0 spiro atoms. The second kappa shape index (κ2) is 7.48. The van der Waals surface area contributed by atoms with Crippen LogP contribution in [0, 0.1) is 0 Å². The Balaban J connectivity index is 0.000000647. The summed E-state index contributed by atoms with van der Waals surface area (Å²) in [5, 5.41) is 4.08. The molecule has 1 aliphatic rings. The molecule has 2 aromatic rings. The number of anilines is 1. The van der Waals surface area contributed by atoms with Crippen LogP contribution in [0.25, 0.3) is 5.52 Å². The number of aromatic nitrogens is 2. The fourth-order valence-electron chi connectivity index (χ4n) is 2.54. The van der Waals surface area contributed by atoms with Crippen molar-refractivity contribution in [2.75, 3.05) is 24.2 Å². The van der Waals surface area contributed by atoms with Crippen LogP contribution in [-0.4, -0.2) is 43.3 Å². The average molecular weight is 350 g/mol. The lowest BCUT2D eigenvalue weighted by atomic mass is 10.2. The molecular weight excluding hydrogens is 328 g/mol. The highest BCUT2D eigenvalue weighted by Gasteiger charge is 2.18. The molecule has 0 aromatic carbocycles. The van der Waals surface area contributed by atoms with Crippen LogP contribution >= 0.6 is 0 Å². The topological polar surface area (TPSA) is 83.8 Å². The molecule has 1 amide bonds. The van der Waals surface area contributed by atoms with E-state index < -0.39 is 15.9 Å². The standard InChI is InChI=1S/C13H16N4O3S.C3H6/c1-21(19,20)15-13(18)11-9-14-17-7-4-10(8-12(11)17)16-5-2-3-6-16;1-3-2/h4,7-9H,2-3,5-6H2,1H3,(H,15,18);3H,1H2,2H3.